The zero-order valence-corrected chi connectivity index (χ0v) is 8.09. The van der Waals surface area contributed by atoms with Crippen LogP contribution in [0.2, 0.25) is 0 Å². The predicted octanol–water partition coefficient (Wildman–Crippen LogP) is 3.45. The number of aliphatic imine (C=N–C) groups is 1. The van der Waals surface area contributed by atoms with Crippen LogP contribution in [0.3, 0.4) is 0 Å². The lowest BCUT2D eigenvalue weighted by Gasteiger charge is -1.98. The highest BCUT2D eigenvalue weighted by Crippen LogP contribution is 2.08. The summed E-state index contributed by atoms with van der Waals surface area (Å²) >= 11 is 0. The highest BCUT2D eigenvalue weighted by molar-refractivity contribution is 5.93. The summed E-state index contributed by atoms with van der Waals surface area (Å²) in [4.78, 5) is 4.17. The quantitative estimate of drug-likeness (QED) is 0.446. The second kappa shape index (κ2) is 5.95. The van der Waals surface area contributed by atoms with Gasteiger partial charge in [-0.05, 0) is 18.6 Å². The lowest BCUT2D eigenvalue weighted by molar-refractivity contribution is 1.36. The van der Waals surface area contributed by atoms with Crippen molar-refractivity contribution in [3.8, 4) is 0 Å². The molecule has 0 radical (unpaired) electrons. The fraction of sp³-hybridized carbons (Fsp3) is 0.0833. The largest absolute Gasteiger partial charge is 0.254 e. The minimum absolute atomic E-state index is 0.649. The molecule has 0 saturated carbocycles. The van der Waals surface area contributed by atoms with Crippen LogP contribution in [0.4, 0.5) is 0 Å². The van der Waals surface area contributed by atoms with Crippen molar-refractivity contribution < 1.29 is 0 Å². The molecule has 1 nitrogen and oxygen atoms in total. The summed E-state index contributed by atoms with van der Waals surface area (Å²) in [6, 6.07) is 0. The second-order valence-electron chi connectivity index (χ2n) is 2.52. The molecule has 0 heterocycles. The van der Waals surface area contributed by atoms with Gasteiger partial charge in [-0.1, -0.05) is 44.5 Å². The van der Waals surface area contributed by atoms with Gasteiger partial charge in [0.1, 0.15) is 0 Å². The van der Waals surface area contributed by atoms with E-state index in [-0.39, 0.29) is 0 Å². The van der Waals surface area contributed by atoms with Crippen molar-refractivity contribution in [1.29, 1.82) is 0 Å². The van der Waals surface area contributed by atoms with Crippen LogP contribution in [0.15, 0.2) is 66.9 Å². The van der Waals surface area contributed by atoms with Crippen LogP contribution in [0.1, 0.15) is 6.92 Å². The van der Waals surface area contributed by atoms with Crippen LogP contribution < -0.4 is 0 Å². The van der Waals surface area contributed by atoms with E-state index in [0.29, 0.717) is 5.70 Å². The van der Waals surface area contributed by atoms with Crippen molar-refractivity contribution in [1.82, 2.24) is 0 Å². The predicted molar refractivity (Wildman–Crippen MR) is 60.9 cm³/mol. The third-order valence-corrected chi connectivity index (χ3v) is 1.41. The fourth-order valence-corrected chi connectivity index (χ4v) is 0.611. The molecule has 0 aromatic rings. The molecule has 0 rings (SSSR count). The first-order valence-corrected chi connectivity index (χ1v) is 3.96. The molecule has 0 aliphatic carbocycles. The first-order valence-electron chi connectivity index (χ1n) is 3.96. The van der Waals surface area contributed by atoms with Crippen molar-refractivity contribution in [2.24, 2.45) is 4.99 Å². The summed E-state index contributed by atoms with van der Waals surface area (Å²) in [5.74, 6) is 0. The molecule has 0 saturated heterocycles. The third-order valence-electron chi connectivity index (χ3n) is 1.41. The summed E-state index contributed by atoms with van der Waals surface area (Å²) in [5, 5.41) is 0. The van der Waals surface area contributed by atoms with Gasteiger partial charge in [0.25, 0.3) is 0 Å². The first kappa shape index (κ1) is 11.4. The molecule has 0 amide bonds. The van der Waals surface area contributed by atoms with Gasteiger partial charge in [-0.2, -0.15) is 0 Å². The van der Waals surface area contributed by atoms with Crippen LogP contribution in [0, 0.1) is 0 Å². The van der Waals surface area contributed by atoms with Crippen molar-refractivity contribution in [3.05, 3.63) is 61.9 Å². The summed E-state index contributed by atoms with van der Waals surface area (Å²) in [5.41, 5.74) is 2.26. The summed E-state index contributed by atoms with van der Waals surface area (Å²) in [7, 11) is 0. The van der Waals surface area contributed by atoms with Crippen LogP contribution in [0.5, 0.6) is 0 Å². The van der Waals surface area contributed by atoms with Crippen molar-refractivity contribution in [2.45, 2.75) is 6.92 Å². The molecule has 0 fully saturated rings. The van der Waals surface area contributed by atoms with E-state index in [0.717, 1.165) is 11.3 Å². The van der Waals surface area contributed by atoms with Gasteiger partial charge in [-0.3, -0.25) is 4.99 Å². The van der Waals surface area contributed by atoms with Gasteiger partial charge in [0.15, 0.2) is 0 Å². The van der Waals surface area contributed by atoms with Crippen LogP contribution in [0.25, 0.3) is 0 Å². The van der Waals surface area contributed by atoms with E-state index >= 15 is 0 Å². The maximum absolute atomic E-state index is 4.17. The molecule has 1 heteroatoms. The number of hydrogen-bond donors (Lipinski definition) is 0. The molecule has 13 heavy (non-hydrogen) atoms. The first-order chi connectivity index (χ1) is 6.11. The Kier molecular flexibility index (Phi) is 5.20. The van der Waals surface area contributed by atoms with Gasteiger partial charge >= 0.3 is 0 Å². The lowest BCUT2D eigenvalue weighted by Crippen LogP contribution is -1.86. The molecule has 0 unspecified atom stereocenters. The van der Waals surface area contributed by atoms with Crippen LogP contribution in [-0.4, -0.2) is 5.71 Å². The van der Waals surface area contributed by atoms with E-state index in [9.17, 15) is 0 Å². The van der Waals surface area contributed by atoms with Crippen molar-refractivity contribution in [3.63, 3.8) is 0 Å². The molecule has 0 atom stereocenters. The normalized spacial score (nSPS) is 11.3. The monoisotopic (exact) mass is 173 g/mol. The Hall–Kier alpha value is -1.63. The Morgan fingerprint density at radius 3 is 2.31 bits per heavy atom. The zero-order chi connectivity index (χ0) is 10.3. The molecule has 0 aromatic carbocycles. The van der Waals surface area contributed by atoms with E-state index in [4.69, 9.17) is 0 Å². The molecule has 0 N–H and O–H groups in total. The van der Waals surface area contributed by atoms with Crippen LogP contribution >= 0.6 is 0 Å². The minimum atomic E-state index is 0.649. The maximum atomic E-state index is 4.17. The average molecular weight is 173 g/mol. The van der Waals surface area contributed by atoms with Gasteiger partial charge in [0.2, 0.25) is 0 Å². The van der Waals surface area contributed by atoms with Crippen molar-refractivity contribution in [2.75, 3.05) is 0 Å². The van der Waals surface area contributed by atoms with E-state index < -0.39 is 0 Å². The molecular weight excluding hydrogens is 158 g/mol. The Balaban J connectivity index is 4.44. The molecule has 0 bridgehead atoms. The fourth-order valence-electron chi connectivity index (χ4n) is 0.611. The highest BCUT2D eigenvalue weighted by Gasteiger charge is 1.92. The Morgan fingerprint density at radius 1 is 1.23 bits per heavy atom. The van der Waals surface area contributed by atoms with Gasteiger partial charge < -0.3 is 0 Å². The summed E-state index contributed by atoms with van der Waals surface area (Å²) in [6.45, 7) is 16.6. The molecule has 68 valence electrons. The maximum Gasteiger partial charge on any atom is 0.0627 e. The Labute approximate surface area is 80.2 Å². The summed E-state index contributed by atoms with van der Waals surface area (Å²) in [6.07, 6.45) is 6.97. The minimum Gasteiger partial charge on any atom is -0.254 e. The number of allylic oxidation sites excluding steroid dienone is 4. The Bertz CT molecular complexity index is 290. The van der Waals surface area contributed by atoms with E-state index in [1.54, 1.807) is 18.2 Å². The molecule has 0 aliphatic rings. The zero-order valence-electron chi connectivity index (χ0n) is 8.09. The number of rotatable bonds is 5. The van der Waals surface area contributed by atoms with E-state index in [1.165, 1.54) is 0 Å². The molecule has 0 aromatic heterocycles. The van der Waals surface area contributed by atoms with Crippen LogP contribution in [-0.2, 0) is 0 Å². The van der Waals surface area contributed by atoms with Gasteiger partial charge in [0.05, 0.1) is 5.70 Å². The highest BCUT2D eigenvalue weighted by atomic mass is 14.7. The second-order valence-corrected chi connectivity index (χ2v) is 2.52. The SMILES string of the molecule is C=C/C=C\C(=C)C(=C)N=C(C)C=C. The van der Waals surface area contributed by atoms with Gasteiger partial charge in [-0.25, -0.2) is 0 Å². The van der Waals surface area contributed by atoms with Crippen molar-refractivity contribution >= 4 is 5.71 Å². The lowest BCUT2D eigenvalue weighted by atomic mass is 10.2. The summed E-state index contributed by atoms with van der Waals surface area (Å²) < 4.78 is 0. The molecular formula is C12H15N. The number of hydrogen-bond acceptors (Lipinski definition) is 1. The van der Waals surface area contributed by atoms with E-state index in [2.05, 4.69) is 31.3 Å². The average Bonchev–Trinajstić information content (AvgIpc) is 2.13. The van der Waals surface area contributed by atoms with Gasteiger partial charge in [-0.15, -0.1) is 0 Å². The standard InChI is InChI=1S/C12H15N/c1-6-8-9-10(3)12(5)13-11(4)7-2/h6-9H,1-3,5H2,4H3/b9-8-,13-11?. The topological polar surface area (TPSA) is 12.4 Å². The number of nitrogens with zero attached hydrogens (tertiary/aromatic N) is 1. The van der Waals surface area contributed by atoms with E-state index in [1.807, 2.05) is 13.0 Å². The Morgan fingerprint density at radius 2 is 1.85 bits per heavy atom. The molecule has 0 spiro atoms. The molecule has 0 aliphatic heterocycles. The van der Waals surface area contributed by atoms with Gasteiger partial charge in [0, 0.05) is 5.71 Å². The third kappa shape index (κ3) is 4.75. The smallest absolute Gasteiger partial charge is 0.0627 e.